The Labute approximate surface area is 123 Å². The lowest BCUT2D eigenvalue weighted by Crippen LogP contribution is -2.31. The molecule has 1 fully saturated rings. The summed E-state index contributed by atoms with van der Waals surface area (Å²) in [6.45, 7) is 9.11. The van der Waals surface area contributed by atoms with Crippen molar-refractivity contribution >= 4 is 5.78 Å². The maximum atomic E-state index is 12.3. The maximum Gasteiger partial charge on any atom is 0.176 e. The van der Waals surface area contributed by atoms with Crippen molar-refractivity contribution in [1.29, 1.82) is 0 Å². The molecule has 0 saturated heterocycles. The molecule has 2 nitrogen and oxygen atoms in total. The smallest absolute Gasteiger partial charge is 0.176 e. The van der Waals surface area contributed by atoms with Gasteiger partial charge in [0.05, 0.1) is 6.54 Å². The third-order valence-electron chi connectivity index (χ3n) is 4.30. The summed E-state index contributed by atoms with van der Waals surface area (Å²) in [4.78, 5) is 12.3. The topological polar surface area (TPSA) is 29.1 Å². The Kier molecular flexibility index (Phi) is 4.64. The van der Waals surface area contributed by atoms with Crippen LogP contribution >= 0.6 is 0 Å². The van der Waals surface area contributed by atoms with Crippen molar-refractivity contribution in [2.75, 3.05) is 6.54 Å². The lowest BCUT2D eigenvalue weighted by Gasteiger charge is -2.20. The van der Waals surface area contributed by atoms with E-state index in [9.17, 15) is 4.79 Å². The van der Waals surface area contributed by atoms with Crippen LogP contribution in [0.15, 0.2) is 18.2 Å². The molecule has 0 aromatic heterocycles. The normalized spacial score (nSPS) is 16.6. The molecule has 1 aliphatic rings. The van der Waals surface area contributed by atoms with E-state index >= 15 is 0 Å². The van der Waals surface area contributed by atoms with E-state index in [1.165, 1.54) is 31.2 Å². The zero-order valence-electron chi connectivity index (χ0n) is 13.3. The Balaban J connectivity index is 2.02. The summed E-state index contributed by atoms with van der Waals surface area (Å²) in [6, 6.07) is 6.79. The predicted molar refractivity (Wildman–Crippen MR) is 84.5 cm³/mol. The van der Waals surface area contributed by atoms with Crippen LogP contribution in [-0.4, -0.2) is 18.4 Å². The molecule has 1 aliphatic carbocycles. The molecule has 0 atom stereocenters. The average molecular weight is 273 g/mol. The number of carbonyl (C=O) groups excluding carboxylic acids is 1. The highest BCUT2D eigenvalue weighted by molar-refractivity contribution is 5.99. The summed E-state index contributed by atoms with van der Waals surface area (Å²) in [5.74, 6) is 0.217. The van der Waals surface area contributed by atoms with E-state index in [1.807, 2.05) is 13.0 Å². The number of benzene rings is 1. The van der Waals surface area contributed by atoms with Crippen molar-refractivity contribution in [2.24, 2.45) is 0 Å². The highest BCUT2D eigenvalue weighted by Crippen LogP contribution is 2.24. The van der Waals surface area contributed by atoms with Gasteiger partial charge in [-0.05, 0) is 36.3 Å². The van der Waals surface area contributed by atoms with Gasteiger partial charge in [-0.1, -0.05) is 51.8 Å². The monoisotopic (exact) mass is 273 g/mol. The molecule has 2 heteroatoms. The molecule has 0 aliphatic heterocycles. The number of hydrogen-bond donors (Lipinski definition) is 1. The van der Waals surface area contributed by atoms with Gasteiger partial charge in [-0.25, -0.2) is 0 Å². The number of carbonyl (C=O) groups is 1. The first-order valence-corrected chi connectivity index (χ1v) is 7.75. The summed E-state index contributed by atoms with van der Waals surface area (Å²) in [6.07, 6.45) is 5.03. The fraction of sp³-hybridized carbons (Fsp3) is 0.611. The molecular weight excluding hydrogens is 246 g/mol. The van der Waals surface area contributed by atoms with Crippen LogP contribution in [0.4, 0.5) is 0 Å². The second-order valence-corrected chi connectivity index (χ2v) is 7.07. The fourth-order valence-corrected chi connectivity index (χ4v) is 2.91. The number of rotatable bonds is 4. The molecule has 0 heterocycles. The minimum absolute atomic E-state index is 0.133. The van der Waals surface area contributed by atoms with Crippen LogP contribution in [0.5, 0.6) is 0 Å². The molecule has 0 unspecified atom stereocenters. The van der Waals surface area contributed by atoms with Crippen LogP contribution < -0.4 is 5.32 Å². The van der Waals surface area contributed by atoms with Gasteiger partial charge in [0.1, 0.15) is 0 Å². The van der Waals surface area contributed by atoms with Crippen molar-refractivity contribution in [2.45, 2.75) is 64.8 Å². The van der Waals surface area contributed by atoms with Crippen molar-refractivity contribution in [3.63, 3.8) is 0 Å². The van der Waals surface area contributed by atoms with Gasteiger partial charge in [0.25, 0.3) is 0 Å². The minimum Gasteiger partial charge on any atom is -0.307 e. The Morgan fingerprint density at radius 2 is 1.90 bits per heavy atom. The molecule has 2 rings (SSSR count). The molecule has 1 aromatic rings. The van der Waals surface area contributed by atoms with Crippen LogP contribution in [0.2, 0.25) is 0 Å². The Morgan fingerprint density at radius 1 is 1.25 bits per heavy atom. The molecule has 0 radical (unpaired) electrons. The highest BCUT2D eigenvalue weighted by atomic mass is 16.1. The molecule has 0 spiro atoms. The van der Waals surface area contributed by atoms with Gasteiger partial charge in [0.2, 0.25) is 0 Å². The molecule has 0 amide bonds. The average Bonchev–Trinajstić information content (AvgIpc) is 2.87. The molecule has 20 heavy (non-hydrogen) atoms. The molecule has 110 valence electrons. The lowest BCUT2D eigenvalue weighted by molar-refractivity contribution is 0.0986. The van der Waals surface area contributed by atoms with Gasteiger partial charge >= 0.3 is 0 Å². The van der Waals surface area contributed by atoms with Crippen molar-refractivity contribution in [3.05, 3.63) is 34.9 Å². The van der Waals surface area contributed by atoms with Crippen molar-refractivity contribution in [3.8, 4) is 0 Å². The van der Waals surface area contributed by atoms with Crippen LogP contribution in [0.25, 0.3) is 0 Å². The van der Waals surface area contributed by atoms with E-state index in [1.54, 1.807) is 0 Å². The van der Waals surface area contributed by atoms with Crippen molar-refractivity contribution in [1.82, 2.24) is 5.32 Å². The first-order valence-electron chi connectivity index (χ1n) is 7.75. The van der Waals surface area contributed by atoms with Gasteiger partial charge in [0.15, 0.2) is 5.78 Å². The van der Waals surface area contributed by atoms with Crippen LogP contribution in [0.3, 0.4) is 0 Å². The number of ketones is 1. The summed E-state index contributed by atoms with van der Waals surface area (Å²) in [5, 5.41) is 3.40. The molecule has 1 N–H and O–H groups in total. The van der Waals surface area contributed by atoms with Gasteiger partial charge < -0.3 is 5.32 Å². The standard InChI is InChI=1S/C18H27NO/c1-13-11-14(18(2,3)4)9-10-16(13)17(20)12-19-15-7-5-6-8-15/h9-11,15,19H,5-8,12H2,1-4H3. The third kappa shape index (κ3) is 3.69. The first kappa shape index (κ1) is 15.2. The molecule has 1 aromatic carbocycles. The second kappa shape index (κ2) is 6.09. The first-order chi connectivity index (χ1) is 9.38. The van der Waals surface area contributed by atoms with Gasteiger partial charge in [-0.3, -0.25) is 4.79 Å². The maximum absolute atomic E-state index is 12.3. The zero-order chi connectivity index (χ0) is 14.8. The van der Waals surface area contributed by atoms with E-state index in [2.05, 4.69) is 38.2 Å². The highest BCUT2D eigenvalue weighted by Gasteiger charge is 2.18. The Bertz CT molecular complexity index is 479. The molecule has 0 bridgehead atoms. The molecular formula is C18H27NO. The third-order valence-corrected chi connectivity index (χ3v) is 4.30. The second-order valence-electron chi connectivity index (χ2n) is 7.07. The fourth-order valence-electron chi connectivity index (χ4n) is 2.91. The minimum atomic E-state index is 0.133. The molecule has 1 saturated carbocycles. The summed E-state index contributed by atoms with van der Waals surface area (Å²) in [5.41, 5.74) is 3.38. The zero-order valence-corrected chi connectivity index (χ0v) is 13.3. The van der Waals surface area contributed by atoms with Gasteiger partial charge in [0, 0.05) is 11.6 Å². The largest absolute Gasteiger partial charge is 0.307 e. The van der Waals surface area contributed by atoms with Gasteiger partial charge in [-0.15, -0.1) is 0 Å². The van der Waals surface area contributed by atoms with E-state index in [0.29, 0.717) is 12.6 Å². The quantitative estimate of drug-likeness (QED) is 0.840. The van der Waals surface area contributed by atoms with E-state index in [4.69, 9.17) is 0 Å². The SMILES string of the molecule is Cc1cc(C(C)(C)C)ccc1C(=O)CNC1CCCC1. The Hall–Kier alpha value is -1.15. The number of aryl methyl sites for hydroxylation is 1. The van der Waals surface area contributed by atoms with E-state index < -0.39 is 0 Å². The number of nitrogens with one attached hydrogen (secondary N) is 1. The Morgan fingerprint density at radius 3 is 2.45 bits per heavy atom. The number of Topliss-reactive ketones (excluding diaryl/α,β-unsaturated/α-hetero) is 1. The van der Waals surface area contributed by atoms with E-state index in [0.717, 1.165) is 11.1 Å². The summed E-state index contributed by atoms with van der Waals surface area (Å²) in [7, 11) is 0. The van der Waals surface area contributed by atoms with Gasteiger partial charge in [-0.2, -0.15) is 0 Å². The van der Waals surface area contributed by atoms with Crippen molar-refractivity contribution < 1.29 is 4.79 Å². The number of hydrogen-bond acceptors (Lipinski definition) is 2. The van der Waals surface area contributed by atoms with Crippen LogP contribution in [0, 0.1) is 6.92 Å². The predicted octanol–water partition coefficient (Wildman–Crippen LogP) is 4.01. The van der Waals surface area contributed by atoms with E-state index in [-0.39, 0.29) is 11.2 Å². The van der Waals surface area contributed by atoms with Crippen LogP contribution in [0.1, 0.15) is 67.9 Å². The summed E-state index contributed by atoms with van der Waals surface area (Å²) >= 11 is 0. The summed E-state index contributed by atoms with van der Waals surface area (Å²) < 4.78 is 0. The lowest BCUT2D eigenvalue weighted by atomic mass is 9.85. The van der Waals surface area contributed by atoms with Crippen LogP contribution in [-0.2, 0) is 5.41 Å².